The van der Waals surface area contributed by atoms with E-state index in [1.54, 1.807) is 4.31 Å². The lowest BCUT2D eigenvalue weighted by atomic mass is 9.83. The van der Waals surface area contributed by atoms with E-state index >= 15 is 0 Å². The topological polar surface area (TPSA) is 174 Å². The molecule has 0 aromatic heterocycles. The summed E-state index contributed by atoms with van der Waals surface area (Å²) in [5.41, 5.74) is -1.67. The van der Waals surface area contributed by atoms with Gasteiger partial charge in [0.15, 0.2) is 0 Å². The highest BCUT2D eigenvalue weighted by molar-refractivity contribution is 7.89. The Morgan fingerprint density at radius 1 is 0.955 bits per heavy atom. The number of carbonyl (C=O) groups is 5. The quantitative estimate of drug-likeness (QED) is 0.219. The van der Waals surface area contributed by atoms with Crippen LogP contribution in [0.2, 0.25) is 0 Å². The molecule has 14 heteroatoms. The second kappa shape index (κ2) is 13.7. The number of nitrogens with zero attached hydrogens (tertiary/aromatic N) is 2. The fourth-order valence-electron chi connectivity index (χ4n) is 6.40. The van der Waals surface area contributed by atoms with E-state index in [1.165, 1.54) is 4.90 Å². The molecule has 0 aromatic carbocycles. The number of hydrogen-bond acceptors (Lipinski definition) is 7. The monoisotopic (exact) mass is 638 g/mol. The predicted molar refractivity (Wildman–Crippen MR) is 164 cm³/mol. The van der Waals surface area contributed by atoms with Crippen molar-refractivity contribution in [1.82, 2.24) is 30.5 Å². The van der Waals surface area contributed by atoms with Crippen molar-refractivity contribution in [3.8, 4) is 0 Å². The Labute approximate surface area is 261 Å². The first-order chi connectivity index (χ1) is 20.7. The zero-order chi connectivity index (χ0) is 32.3. The number of carbonyl (C=O) groups excluding carboxylic acids is 5. The normalized spacial score (nSPS) is 22.7. The summed E-state index contributed by atoms with van der Waals surface area (Å²) >= 11 is 0. The van der Waals surface area contributed by atoms with Gasteiger partial charge in [-0.15, -0.1) is 0 Å². The van der Waals surface area contributed by atoms with Crippen LogP contribution in [-0.4, -0.2) is 102 Å². The molecule has 44 heavy (non-hydrogen) atoms. The molecule has 4 fully saturated rings. The molecule has 4 aliphatic rings. The average molecular weight is 639 g/mol. The molecule has 3 aliphatic carbocycles. The van der Waals surface area contributed by atoms with Gasteiger partial charge in [0.25, 0.3) is 5.91 Å². The van der Waals surface area contributed by atoms with Crippen LogP contribution in [-0.2, 0) is 29.2 Å². The number of amides is 5. The zero-order valence-corrected chi connectivity index (χ0v) is 27.4. The molecule has 0 radical (unpaired) electrons. The van der Waals surface area contributed by atoms with Gasteiger partial charge >= 0.3 is 6.03 Å². The molecule has 4 rings (SSSR count). The molecular weight excluding hydrogens is 588 g/mol. The van der Waals surface area contributed by atoms with Gasteiger partial charge in [0, 0.05) is 25.2 Å². The van der Waals surface area contributed by atoms with Gasteiger partial charge in [-0.25, -0.2) is 13.2 Å². The Hall–Kier alpha value is -2.74. The number of ketones is 1. The minimum atomic E-state index is -3.61. The van der Waals surface area contributed by atoms with Crippen molar-refractivity contribution in [2.45, 2.75) is 128 Å². The minimum Gasteiger partial charge on any atom is -0.347 e. The van der Waals surface area contributed by atoms with Gasteiger partial charge < -0.3 is 26.2 Å². The van der Waals surface area contributed by atoms with Crippen molar-refractivity contribution in [3.05, 3.63) is 0 Å². The summed E-state index contributed by atoms with van der Waals surface area (Å²) in [6, 6.07) is -2.40. The molecule has 0 bridgehead atoms. The summed E-state index contributed by atoms with van der Waals surface area (Å²) in [4.78, 5) is 66.0. The summed E-state index contributed by atoms with van der Waals surface area (Å²) < 4.78 is 28.5. The highest BCUT2D eigenvalue weighted by atomic mass is 32.2. The maximum Gasteiger partial charge on any atom is 0.315 e. The van der Waals surface area contributed by atoms with E-state index < -0.39 is 69.1 Å². The number of Topliss-reactive ketones (excluding diaryl/α,β-unsaturated/α-hetero) is 1. The number of rotatable bonds is 13. The standard InChI is InChI=1S/C30H50N6O7S/c1-5-36(21-13-14-21)44(42,43)19-30(15-7-6-8-16-30)34-28(41)33-24(29(2,3)4)27(40)35-17-9-10-22(35)25(38)31-18-23(37)26(39)32-20-11-12-20/h20-22,24H,5-19H2,1-4H3,(H,31,38)(H,32,39)(H2,33,34,41)/t22-,24+/m0/s1. The van der Waals surface area contributed by atoms with Gasteiger partial charge in [-0.3, -0.25) is 19.2 Å². The van der Waals surface area contributed by atoms with E-state index in [-0.39, 0.29) is 17.8 Å². The molecule has 4 N–H and O–H groups in total. The van der Waals surface area contributed by atoms with E-state index in [2.05, 4.69) is 21.3 Å². The van der Waals surface area contributed by atoms with E-state index in [0.29, 0.717) is 38.8 Å². The second-order valence-electron chi connectivity index (χ2n) is 14.0. The fraction of sp³-hybridized carbons (Fsp3) is 0.833. The molecule has 5 amide bonds. The van der Waals surface area contributed by atoms with Crippen LogP contribution >= 0.6 is 0 Å². The molecule has 0 unspecified atom stereocenters. The maximum absolute atomic E-state index is 13.9. The average Bonchev–Trinajstić information content (AvgIpc) is 3.88. The van der Waals surface area contributed by atoms with Gasteiger partial charge in [0.1, 0.15) is 12.1 Å². The van der Waals surface area contributed by atoms with Crippen molar-refractivity contribution in [2.24, 2.45) is 5.41 Å². The number of sulfonamides is 1. The second-order valence-corrected chi connectivity index (χ2v) is 15.9. The van der Waals surface area contributed by atoms with Crippen molar-refractivity contribution in [3.63, 3.8) is 0 Å². The summed E-state index contributed by atoms with van der Waals surface area (Å²) in [7, 11) is -3.61. The molecule has 1 saturated heterocycles. The Balaban J connectivity index is 1.41. The molecule has 0 spiro atoms. The van der Waals surface area contributed by atoms with Gasteiger partial charge in [0.05, 0.1) is 17.8 Å². The van der Waals surface area contributed by atoms with Crippen LogP contribution in [0.3, 0.4) is 0 Å². The lowest BCUT2D eigenvalue weighted by molar-refractivity contribution is -0.142. The number of urea groups is 1. The summed E-state index contributed by atoms with van der Waals surface area (Å²) in [5.74, 6) is -2.61. The molecule has 248 valence electrons. The first-order valence-corrected chi connectivity index (χ1v) is 17.8. The van der Waals surface area contributed by atoms with Crippen LogP contribution in [0.15, 0.2) is 0 Å². The number of likely N-dealkylation sites (tertiary alicyclic amines) is 1. The Morgan fingerprint density at radius 3 is 2.18 bits per heavy atom. The first kappa shape index (κ1) is 34.1. The zero-order valence-electron chi connectivity index (χ0n) is 26.6. The molecule has 1 aliphatic heterocycles. The SMILES string of the molecule is CCN(C1CC1)S(=O)(=O)CC1(NC(=O)N[C@H](C(=O)N2CCC[C@H]2C(=O)NCC(=O)C(=O)NC2CC2)C(C)(C)C)CCCCC1. The largest absolute Gasteiger partial charge is 0.347 e. The van der Waals surface area contributed by atoms with Crippen LogP contribution < -0.4 is 21.3 Å². The smallest absolute Gasteiger partial charge is 0.315 e. The third-order valence-electron chi connectivity index (χ3n) is 9.09. The van der Waals surface area contributed by atoms with Gasteiger partial charge in [-0.05, 0) is 56.8 Å². The van der Waals surface area contributed by atoms with Crippen LogP contribution in [0.25, 0.3) is 0 Å². The summed E-state index contributed by atoms with van der Waals surface area (Å²) in [5, 5.41) is 10.9. The number of nitrogens with one attached hydrogen (secondary N) is 4. The van der Waals surface area contributed by atoms with Crippen LogP contribution in [0.1, 0.15) is 98.3 Å². The fourth-order valence-corrected chi connectivity index (χ4v) is 8.68. The Morgan fingerprint density at radius 2 is 1.61 bits per heavy atom. The highest BCUT2D eigenvalue weighted by Gasteiger charge is 2.46. The van der Waals surface area contributed by atoms with Crippen molar-refractivity contribution < 1.29 is 32.4 Å². The molecule has 1 heterocycles. The van der Waals surface area contributed by atoms with Crippen LogP contribution in [0.4, 0.5) is 4.79 Å². The van der Waals surface area contributed by atoms with E-state index in [0.717, 1.165) is 44.9 Å². The third-order valence-corrected chi connectivity index (χ3v) is 11.3. The van der Waals surface area contributed by atoms with Crippen LogP contribution in [0.5, 0.6) is 0 Å². The lowest BCUT2D eigenvalue weighted by Gasteiger charge is -2.40. The molecule has 2 atom stereocenters. The molecule has 3 saturated carbocycles. The van der Waals surface area contributed by atoms with E-state index in [9.17, 15) is 32.4 Å². The molecular formula is C30H50N6O7S. The molecule has 0 aromatic rings. The van der Waals surface area contributed by atoms with Crippen molar-refractivity contribution >= 4 is 39.6 Å². The van der Waals surface area contributed by atoms with Gasteiger partial charge in [-0.1, -0.05) is 47.0 Å². The summed E-state index contributed by atoms with van der Waals surface area (Å²) in [6.45, 7) is 7.51. The lowest BCUT2D eigenvalue weighted by Crippen LogP contribution is -2.63. The summed E-state index contributed by atoms with van der Waals surface area (Å²) in [6.07, 6.45) is 7.94. The van der Waals surface area contributed by atoms with Crippen LogP contribution in [0, 0.1) is 5.41 Å². The highest BCUT2D eigenvalue weighted by Crippen LogP contribution is 2.34. The van der Waals surface area contributed by atoms with Gasteiger partial charge in [-0.2, -0.15) is 4.31 Å². The van der Waals surface area contributed by atoms with Crippen molar-refractivity contribution in [2.75, 3.05) is 25.4 Å². The Bertz CT molecular complexity index is 1220. The first-order valence-electron chi connectivity index (χ1n) is 16.2. The van der Waals surface area contributed by atoms with Crippen molar-refractivity contribution in [1.29, 1.82) is 0 Å². The predicted octanol–water partition coefficient (Wildman–Crippen LogP) is 1.17. The minimum absolute atomic E-state index is 0.0234. The Kier molecular flexibility index (Phi) is 10.6. The number of hydrogen-bond donors (Lipinski definition) is 4. The van der Waals surface area contributed by atoms with E-state index in [1.807, 2.05) is 27.7 Å². The third kappa shape index (κ3) is 8.70. The maximum atomic E-state index is 13.9. The molecule has 13 nitrogen and oxygen atoms in total. The van der Waals surface area contributed by atoms with E-state index in [4.69, 9.17) is 0 Å². The van der Waals surface area contributed by atoms with Gasteiger partial charge in [0.2, 0.25) is 27.6 Å².